The number of rotatable bonds is 7. The number of methoxy groups -OCH3 is 1. The van der Waals surface area contributed by atoms with Crippen LogP contribution in [0.3, 0.4) is 0 Å². The molecule has 31 heavy (non-hydrogen) atoms. The van der Waals surface area contributed by atoms with Gasteiger partial charge in [-0.1, -0.05) is 33.1 Å². The normalized spacial score (nSPS) is 31.9. The number of ether oxygens (including phenoxy) is 1. The smallest absolute Gasteiger partial charge is 0.180 e. The zero-order valence-electron chi connectivity index (χ0n) is 19.6. The predicted molar refractivity (Wildman–Crippen MR) is 126 cm³/mol. The maximum Gasteiger partial charge on any atom is 0.180 e. The van der Waals surface area contributed by atoms with Crippen molar-refractivity contribution in [2.75, 3.05) is 46.6 Å². The summed E-state index contributed by atoms with van der Waals surface area (Å²) in [6.45, 7) is 10.5. The van der Waals surface area contributed by atoms with E-state index in [2.05, 4.69) is 36.1 Å². The Bertz CT molecular complexity index is 772. The van der Waals surface area contributed by atoms with Crippen LogP contribution in [0.25, 0.3) is 0 Å². The first-order valence-corrected chi connectivity index (χ1v) is 12.2. The molecule has 1 aromatic rings. The fraction of sp³-hybridized carbons (Fsp3) is 0.720. The summed E-state index contributed by atoms with van der Waals surface area (Å²) in [5.74, 6) is 1.53. The zero-order valence-corrected chi connectivity index (χ0v) is 19.6. The number of hydrogen-bond acceptors (Lipinski definition) is 4. The molecule has 4 atom stereocenters. The Morgan fingerprint density at radius 1 is 1.19 bits per heavy atom. The topological polar surface area (TPSA) is 28.1 Å². The van der Waals surface area contributed by atoms with Crippen LogP contribution in [0.5, 0.6) is 5.75 Å². The number of aliphatic imine (C=N–C) groups is 1. The highest BCUT2D eigenvalue weighted by atomic mass is 19.1. The van der Waals surface area contributed by atoms with Gasteiger partial charge in [-0.3, -0.25) is 9.38 Å². The molecule has 4 unspecified atom stereocenters. The van der Waals surface area contributed by atoms with Crippen molar-refractivity contribution in [2.24, 2.45) is 16.8 Å². The van der Waals surface area contributed by atoms with E-state index in [1.807, 2.05) is 0 Å². The fourth-order valence-electron chi connectivity index (χ4n) is 6.06. The molecule has 1 aliphatic carbocycles. The molecule has 3 aliphatic rings. The van der Waals surface area contributed by atoms with Crippen LogP contribution in [-0.4, -0.2) is 68.8 Å². The molecular formula is C25H40FN4O+. The molecule has 2 fully saturated rings. The molecule has 4 rings (SSSR count). The largest absolute Gasteiger partial charge is 0.494 e. The van der Waals surface area contributed by atoms with Gasteiger partial charge in [0.15, 0.2) is 24.9 Å². The molecular weight excluding hydrogens is 391 g/mol. The molecule has 1 aromatic carbocycles. The molecule has 0 bridgehead atoms. The van der Waals surface area contributed by atoms with E-state index in [1.54, 1.807) is 12.1 Å². The highest BCUT2D eigenvalue weighted by Gasteiger charge is 2.41. The minimum atomic E-state index is -0.279. The van der Waals surface area contributed by atoms with Crippen molar-refractivity contribution in [1.82, 2.24) is 14.3 Å². The van der Waals surface area contributed by atoms with Crippen molar-refractivity contribution >= 4 is 12.0 Å². The van der Waals surface area contributed by atoms with Crippen molar-refractivity contribution in [3.05, 3.63) is 24.0 Å². The SMILES string of the molecule is CCN1CCCC1C[N+]1(c2ccc(OC)c(F)c2)CN=CN(CC2CCCCC2C)C1. The quantitative estimate of drug-likeness (QED) is 0.585. The number of benzene rings is 1. The lowest BCUT2D eigenvalue weighted by atomic mass is 9.80. The standard InChI is InChI=1S/C25H40FN4O/c1-4-29-13-7-10-22(29)16-30(23-11-12-25(31-3)24(26)14-23)18-27-17-28(19-30)15-21-9-6-5-8-20(21)2/h11-12,14,17,20-22H,4-10,13,15-16,18-19H2,1-3H3/q+1. The molecule has 0 N–H and O–H groups in total. The lowest BCUT2D eigenvalue weighted by Gasteiger charge is -2.45. The lowest BCUT2D eigenvalue weighted by Crippen LogP contribution is -2.62. The number of quaternary nitrogens is 1. The van der Waals surface area contributed by atoms with Crippen LogP contribution in [0.15, 0.2) is 23.2 Å². The van der Waals surface area contributed by atoms with E-state index in [0.717, 1.165) is 43.8 Å². The third-order valence-electron chi connectivity index (χ3n) is 7.96. The van der Waals surface area contributed by atoms with E-state index >= 15 is 0 Å². The minimum absolute atomic E-state index is 0.279. The van der Waals surface area contributed by atoms with Crippen molar-refractivity contribution in [3.63, 3.8) is 0 Å². The summed E-state index contributed by atoms with van der Waals surface area (Å²) in [5, 5.41) is 0. The highest BCUT2D eigenvalue weighted by Crippen LogP contribution is 2.34. The molecule has 0 aromatic heterocycles. The van der Waals surface area contributed by atoms with Gasteiger partial charge in [0.1, 0.15) is 12.2 Å². The predicted octanol–water partition coefficient (Wildman–Crippen LogP) is 4.71. The monoisotopic (exact) mass is 431 g/mol. The molecule has 0 spiro atoms. The van der Waals surface area contributed by atoms with Gasteiger partial charge in [-0.15, -0.1) is 0 Å². The Kier molecular flexibility index (Phi) is 7.17. The van der Waals surface area contributed by atoms with Crippen molar-refractivity contribution in [3.8, 4) is 5.75 Å². The Morgan fingerprint density at radius 3 is 2.77 bits per heavy atom. The summed E-state index contributed by atoms with van der Waals surface area (Å²) in [6, 6.07) is 6.05. The van der Waals surface area contributed by atoms with Gasteiger partial charge < -0.3 is 9.64 Å². The minimum Gasteiger partial charge on any atom is -0.494 e. The van der Waals surface area contributed by atoms with E-state index in [0.29, 0.717) is 22.9 Å². The number of halogens is 1. The number of likely N-dealkylation sites (N-methyl/N-ethyl adjacent to an activating group) is 1. The summed E-state index contributed by atoms with van der Waals surface area (Å²) in [4.78, 5) is 9.85. The summed E-state index contributed by atoms with van der Waals surface area (Å²) in [7, 11) is 1.53. The van der Waals surface area contributed by atoms with Gasteiger partial charge in [-0.05, 0) is 50.3 Å². The van der Waals surface area contributed by atoms with Crippen LogP contribution in [-0.2, 0) is 0 Å². The van der Waals surface area contributed by atoms with E-state index in [-0.39, 0.29) is 5.82 Å². The van der Waals surface area contributed by atoms with Crippen LogP contribution < -0.4 is 9.22 Å². The second kappa shape index (κ2) is 9.86. The Labute approximate surface area is 187 Å². The van der Waals surface area contributed by atoms with Crippen molar-refractivity contribution in [1.29, 1.82) is 0 Å². The summed E-state index contributed by atoms with van der Waals surface area (Å²) in [6.07, 6.45) is 9.90. The van der Waals surface area contributed by atoms with Gasteiger partial charge in [0.2, 0.25) is 0 Å². The number of nitrogens with zero attached hydrogens (tertiary/aromatic N) is 4. The first-order chi connectivity index (χ1) is 15.0. The van der Waals surface area contributed by atoms with Crippen molar-refractivity contribution < 1.29 is 9.13 Å². The van der Waals surface area contributed by atoms with Gasteiger partial charge in [0, 0.05) is 18.7 Å². The summed E-state index contributed by atoms with van der Waals surface area (Å²) >= 11 is 0. The molecule has 5 nitrogen and oxygen atoms in total. The molecule has 1 saturated heterocycles. The van der Waals surface area contributed by atoms with Crippen LogP contribution in [0.4, 0.5) is 10.1 Å². The fourth-order valence-corrected chi connectivity index (χ4v) is 6.06. The Hall–Kier alpha value is -1.66. The average Bonchev–Trinajstić information content (AvgIpc) is 3.22. The zero-order chi connectivity index (χ0) is 21.8. The van der Waals surface area contributed by atoms with Crippen LogP contribution in [0, 0.1) is 17.7 Å². The summed E-state index contributed by atoms with van der Waals surface area (Å²) < 4.78 is 20.6. The molecule has 0 radical (unpaired) electrons. The second-order valence-electron chi connectivity index (χ2n) is 9.95. The third kappa shape index (κ3) is 4.90. The second-order valence-corrected chi connectivity index (χ2v) is 9.95. The first kappa shape index (κ1) is 22.5. The van der Waals surface area contributed by atoms with Crippen LogP contribution in [0.1, 0.15) is 52.4 Å². The average molecular weight is 432 g/mol. The van der Waals surface area contributed by atoms with Crippen LogP contribution in [0.2, 0.25) is 0 Å². The van der Waals surface area contributed by atoms with Gasteiger partial charge in [-0.25, -0.2) is 9.38 Å². The van der Waals surface area contributed by atoms with E-state index in [1.165, 1.54) is 52.2 Å². The summed E-state index contributed by atoms with van der Waals surface area (Å²) in [5.41, 5.74) is 1.01. The maximum atomic E-state index is 14.8. The lowest BCUT2D eigenvalue weighted by molar-refractivity contribution is 0.111. The van der Waals surface area contributed by atoms with Crippen molar-refractivity contribution in [2.45, 2.75) is 58.4 Å². The van der Waals surface area contributed by atoms with Gasteiger partial charge in [0.05, 0.1) is 19.5 Å². The van der Waals surface area contributed by atoms with E-state index < -0.39 is 0 Å². The molecule has 172 valence electrons. The molecule has 0 amide bonds. The van der Waals surface area contributed by atoms with E-state index in [9.17, 15) is 4.39 Å². The van der Waals surface area contributed by atoms with Crippen LogP contribution >= 0.6 is 0 Å². The first-order valence-electron chi connectivity index (χ1n) is 12.2. The Morgan fingerprint density at radius 2 is 2.03 bits per heavy atom. The molecule has 2 heterocycles. The van der Waals surface area contributed by atoms with E-state index in [4.69, 9.17) is 9.73 Å². The van der Waals surface area contributed by atoms with Gasteiger partial charge in [0.25, 0.3) is 0 Å². The molecule has 6 heteroatoms. The highest BCUT2D eigenvalue weighted by molar-refractivity contribution is 5.58. The number of hydrogen-bond donors (Lipinski definition) is 0. The molecule has 2 aliphatic heterocycles. The Balaban J connectivity index is 1.60. The van der Waals surface area contributed by atoms with Gasteiger partial charge in [-0.2, -0.15) is 0 Å². The third-order valence-corrected chi connectivity index (χ3v) is 7.96. The molecule has 1 saturated carbocycles. The van der Waals surface area contributed by atoms with Gasteiger partial charge >= 0.3 is 0 Å². The number of likely N-dealkylation sites (tertiary alicyclic amines) is 1. The maximum absolute atomic E-state index is 14.8.